The largest absolute Gasteiger partial charge is 0.507 e. The van der Waals surface area contributed by atoms with Gasteiger partial charge in [0.2, 0.25) is 0 Å². The second-order valence-electron chi connectivity index (χ2n) is 5.91. The minimum absolute atomic E-state index is 0.209. The Kier molecular flexibility index (Phi) is 6.00. The van der Waals surface area contributed by atoms with E-state index in [1.54, 1.807) is 6.08 Å². The zero-order valence-corrected chi connectivity index (χ0v) is 15.8. The molecule has 3 N–H and O–H groups in total. The number of carbonyl (C=O) groups is 2. The summed E-state index contributed by atoms with van der Waals surface area (Å²) >= 11 is 1.16. The lowest BCUT2D eigenvalue weighted by molar-refractivity contribution is -0.115. The Hall–Kier alpha value is -3.26. The van der Waals surface area contributed by atoms with E-state index in [0.29, 0.717) is 22.4 Å². The van der Waals surface area contributed by atoms with Gasteiger partial charge in [-0.2, -0.15) is 0 Å². The fourth-order valence-corrected chi connectivity index (χ4v) is 3.24. The van der Waals surface area contributed by atoms with Crippen LogP contribution >= 0.6 is 11.8 Å². The first kappa shape index (κ1) is 19.5. The van der Waals surface area contributed by atoms with Gasteiger partial charge in [-0.05, 0) is 54.1 Å². The first-order valence-corrected chi connectivity index (χ1v) is 9.36. The average Bonchev–Trinajstić information content (AvgIpc) is 2.99. The Labute approximate surface area is 165 Å². The van der Waals surface area contributed by atoms with Crippen molar-refractivity contribution in [2.24, 2.45) is 4.99 Å². The standard InChI is InChI=1S/C20H18N2O5S/c1-2-9-27-14-6-3-12(4-7-14)10-17-18(24)22-20(28-17)21-13-5-8-15(19(25)26)16(23)11-13/h3-8,10-11,23H,2,9H2,1H3,(H,25,26)(H,21,22,24)/b17-10-. The number of thioether (sulfide) groups is 1. The fraction of sp³-hybridized carbons (Fsp3) is 0.150. The zero-order valence-electron chi connectivity index (χ0n) is 15.0. The molecule has 0 aliphatic carbocycles. The maximum atomic E-state index is 12.2. The van der Waals surface area contributed by atoms with Crippen LogP contribution in [0.15, 0.2) is 52.4 Å². The van der Waals surface area contributed by atoms with E-state index < -0.39 is 5.97 Å². The third-order valence-electron chi connectivity index (χ3n) is 3.74. The highest BCUT2D eigenvalue weighted by Gasteiger charge is 2.24. The van der Waals surface area contributed by atoms with Crippen LogP contribution in [0.3, 0.4) is 0 Å². The summed E-state index contributed by atoms with van der Waals surface area (Å²) in [4.78, 5) is 27.8. The third kappa shape index (κ3) is 4.72. The van der Waals surface area contributed by atoms with Gasteiger partial charge >= 0.3 is 5.97 Å². The summed E-state index contributed by atoms with van der Waals surface area (Å²) in [5, 5.41) is 21.7. The van der Waals surface area contributed by atoms with Crippen molar-refractivity contribution in [1.82, 2.24) is 5.32 Å². The molecule has 2 aromatic carbocycles. The van der Waals surface area contributed by atoms with Crippen LogP contribution in [0.5, 0.6) is 11.5 Å². The lowest BCUT2D eigenvalue weighted by Crippen LogP contribution is -2.19. The van der Waals surface area contributed by atoms with E-state index in [0.717, 1.165) is 29.5 Å². The molecule has 1 fully saturated rings. The van der Waals surface area contributed by atoms with Gasteiger partial charge in [-0.1, -0.05) is 19.1 Å². The predicted molar refractivity (Wildman–Crippen MR) is 108 cm³/mol. The van der Waals surface area contributed by atoms with E-state index in [1.165, 1.54) is 18.2 Å². The van der Waals surface area contributed by atoms with Gasteiger partial charge in [0.1, 0.15) is 17.1 Å². The lowest BCUT2D eigenvalue weighted by atomic mass is 10.2. The van der Waals surface area contributed by atoms with Crippen LogP contribution in [-0.4, -0.2) is 33.9 Å². The average molecular weight is 398 g/mol. The summed E-state index contributed by atoms with van der Waals surface area (Å²) in [5.41, 5.74) is 0.981. The molecule has 8 heteroatoms. The molecule has 0 aromatic heterocycles. The number of amidine groups is 1. The molecule has 1 aliphatic rings. The van der Waals surface area contributed by atoms with Gasteiger partial charge in [0.25, 0.3) is 5.91 Å². The van der Waals surface area contributed by atoms with Crippen molar-refractivity contribution >= 4 is 40.6 Å². The number of nitrogens with one attached hydrogen (secondary N) is 1. The first-order chi connectivity index (χ1) is 13.5. The number of rotatable bonds is 6. The molecule has 3 rings (SSSR count). The molecule has 2 aromatic rings. The molecule has 144 valence electrons. The van der Waals surface area contributed by atoms with Crippen LogP contribution in [0.1, 0.15) is 29.3 Å². The fourth-order valence-electron chi connectivity index (χ4n) is 2.40. The summed E-state index contributed by atoms with van der Waals surface area (Å²) in [6, 6.07) is 11.4. The van der Waals surface area contributed by atoms with E-state index in [-0.39, 0.29) is 17.2 Å². The predicted octanol–water partition coefficient (Wildman–Crippen LogP) is 3.77. The molecule has 0 saturated carbocycles. The van der Waals surface area contributed by atoms with Gasteiger partial charge in [0.15, 0.2) is 5.17 Å². The highest BCUT2D eigenvalue weighted by molar-refractivity contribution is 8.18. The molecular weight excluding hydrogens is 380 g/mol. The second kappa shape index (κ2) is 8.62. The molecule has 0 atom stereocenters. The summed E-state index contributed by atoms with van der Waals surface area (Å²) in [6.45, 7) is 2.69. The number of amides is 1. The zero-order chi connectivity index (χ0) is 20.1. The molecule has 0 unspecified atom stereocenters. The summed E-state index contributed by atoms with van der Waals surface area (Å²) in [7, 11) is 0. The highest BCUT2D eigenvalue weighted by atomic mass is 32.2. The van der Waals surface area contributed by atoms with Crippen molar-refractivity contribution in [2.45, 2.75) is 13.3 Å². The molecule has 0 radical (unpaired) electrons. The summed E-state index contributed by atoms with van der Waals surface area (Å²) in [6.07, 6.45) is 2.68. The Morgan fingerprint density at radius 1 is 1.25 bits per heavy atom. The smallest absolute Gasteiger partial charge is 0.339 e. The molecule has 0 spiro atoms. The number of nitrogens with zero attached hydrogens (tertiary/aromatic N) is 1. The van der Waals surface area contributed by atoms with Crippen LogP contribution in [-0.2, 0) is 4.79 Å². The van der Waals surface area contributed by atoms with E-state index in [2.05, 4.69) is 10.3 Å². The van der Waals surface area contributed by atoms with Crippen LogP contribution in [0.2, 0.25) is 0 Å². The summed E-state index contributed by atoms with van der Waals surface area (Å²) in [5.74, 6) is -1.11. The van der Waals surface area contributed by atoms with E-state index in [4.69, 9.17) is 9.84 Å². The van der Waals surface area contributed by atoms with Gasteiger partial charge in [0, 0.05) is 6.07 Å². The van der Waals surface area contributed by atoms with Gasteiger partial charge in [-0.3, -0.25) is 4.79 Å². The van der Waals surface area contributed by atoms with E-state index in [9.17, 15) is 14.7 Å². The number of hydrogen-bond donors (Lipinski definition) is 3. The van der Waals surface area contributed by atoms with Gasteiger partial charge in [-0.25, -0.2) is 9.79 Å². The van der Waals surface area contributed by atoms with Crippen LogP contribution < -0.4 is 10.1 Å². The Bertz CT molecular complexity index is 967. The quantitative estimate of drug-likeness (QED) is 0.639. The van der Waals surface area contributed by atoms with Gasteiger partial charge < -0.3 is 20.3 Å². The maximum Gasteiger partial charge on any atom is 0.339 e. The molecule has 28 heavy (non-hydrogen) atoms. The monoisotopic (exact) mass is 398 g/mol. The van der Waals surface area contributed by atoms with Gasteiger partial charge in [-0.15, -0.1) is 0 Å². The van der Waals surface area contributed by atoms with Gasteiger partial charge in [0.05, 0.1) is 17.2 Å². The first-order valence-electron chi connectivity index (χ1n) is 8.55. The minimum Gasteiger partial charge on any atom is -0.507 e. The number of hydrogen-bond acceptors (Lipinski definition) is 6. The third-order valence-corrected chi connectivity index (χ3v) is 4.65. The number of carboxylic acids is 1. The Balaban J connectivity index is 1.74. The number of aromatic hydroxyl groups is 1. The summed E-state index contributed by atoms with van der Waals surface area (Å²) < 4.78 is 5.54. The minimum atomic E-state index is -1.23. The van der Waals surface area contributed by atoms with Crippen LogP contribution in [0.25, 0.3) is 6.08 Å². The molecule has 7 nitrogen and oxygen atoms in total. The number of carbonyl (C=O) groups excluding carboxylic acids is 1. The number of phenols is 1. The van der Waals surface area contributed by atoms with Crippen molar-refractivity contribution in [3.05, 3.63) is 58.5 Å². The maximum absolute atomic E-state index is 12.2. The molecule has 1 saturated heterocycles. The molecule has 1 heterocycles. The number of benzene rings is 2. The van der Waals surface area contributed by atoms with Crippen LogP contribution in [0, 0.1) is 0 Å². The SMILES string of the molecule is CCCOc1ccc(/C=C2\SC(=Nc3ccc(C(=O)O)c(O)c3)NC2=O)cc1. The van der Waals surface area contributed by atoms with Crippen molar-refractivity contribution in [3.63, 3.8) is 0 Å². The number of aliphatic imine (C=N–C) groups is 1. The molecule has 1 amide bonds. The van der Waals surface area contributed by atoms with E-state index >= 15 is 0 Å². The number of carboxylic acid groups (broad SMARTS) is 1. The highest BCUT2D eigenvalue weighted by Crippen LogP contribution is 2.30. The molecule has 1 aliphatic heterocycles. The van der Waals surface area contributed by atoms with Crippen molar-refractivity contribution in [1.29, 1.82) is 0 Å². The van der Waals surface area contributed by atoms with Crippen LogP contribution in [0.4, 0.5) is 5.69 Å². The van der Waals surface area contributed by atoms with E-state index in [1.807, 2.05) is 31.2 Å². The topological polar surface area (TPSA) is 108 Å². The second-order valence-corrected chi connectivity index (χ2v) is 6.94. The lowest BCUT2D eigenvalue weighted by Gasteiger charge is -2.04. The Morgan fingerprint density at radius 3 is 2.64 bits per heavy atom. The normalized spacial score (nSPS) is 16.4. The Morgan fingerprint density at radius 2 is 2.00 bits per heavy atom. The molecular formula is C20H18N2O5S. The number of ether oxygens (including phenoxy) is 1. The van der Waals surface area contributed by atoms with Crippen molar-refractivity contribution in [3.8, 4) is 11.5 Å². The van der Waals surface area contributed by atoms with Crippen molar-refractivity contribution < 1.29 is 24.5 Å². The molecule has 0 bridgehead atoms. The van der Waals surface area contributed by atoms with Crippen molar-refractivity contribution in [2.75, 3.05) is 6.61 Å². The number of aromatic carboxylic acids is 1.